The van der Waals surface area contributed by atoms with Gasteiger partial charge in [0.25, 0.3) is 0 Å². The van der Waals surface area contributed by atoms with E-state index >= 15 is 0 Å². The summed E-state index contributed by atoms with van der Waals surface area (Å²) in [7, 11) is 0. The van der Waals surface area contributed by atoms with Crippen LogP contribution in [0.15, 0.2) is 59.9 Å². The molecule has 1 heterocycles. The second kappa shape index (κ2) is 5.36. The van der Waals surface area contributed by atoms with E-state index in [1.54, 1.807) is 36.4 Å². The number of fused-ring (bicyclic) bond motifs is 1. The summed E-state index contributed by atoms with van der Waals surface area (Å²) in [5.41, 5.74) is 2.36. The molecule has 0 saturated carbocycles. The maximum atomic E-state index is 12.7. The minimum atomic E-state index is -0.229. The smallest absolute Gasteiger partial charge is 0.228 e. The first kappa shape index (κ1) is 14.2. The van der Waals surface area contributed by atoms with Crippen molar-refractivity contribution >= 4 is 23.2 Å². The number of allylic oxidation sites excluding steroid dienone is 2. The number of ketones is 2. The maximum absolute atomic E-state index is 12.7. The fourth-order valence-corrected chi connectivity index (χ4v) is 3.27. The summed E-state index contributed by atoms with van der Waals surface area (Å²) in [6.45, 7) is 0. The minimum Gasteiger partial charge on any atom is -0.481 e. The van der Waals surface area contributed by atoms with Crippen LogP contribution in [0.5, 0.6) is 0 Å². The van der Waals surface area contributed by atoms with Gasteiger partial charge in [-0.05, 0) is 30.5 Å². The lowest BCUT2D eigenvalue weighted by Gasteiger charge is -2.30. The zero-order valence-corrected chi connectivity index (χ0v) is 13.0. The Morgan fingerprint density at radius 1 is 0.913 bits per heavy atom. The zero-order chi connectivity index (χ0) is 16.0. The number of ether oxygens (including phenoxy) is 1. The van der Waals surface area contributed by atoms with Crippen molar-refractivity contribution < 1.29 is 14.3 Å². The number of carbonyl (C=O) groups excluding carboxylic acids is 2. The summed E-state index contributed by atoms with van der Waals surface area (Å²) in [6, 6.07) is 14.3. The summed E-state index contributed by atoms with van der Waals surface area (Å²) in [5, 5.41) is 0.655. The molecule has 1 aliphatic carbocycles. The van der Waals surface area contributed by atoms with Crippen LogP contribution in [0.25, 0.3) is 0 Å². The van der Waals surface area contributed by atoms with Crippen molar-refractivity contribution in [2.75, 3.05) is 0 Å². The van der Waals surface area contributed by atoms with Gasteiger partial charge in [-0.15, -0.1) is 0 Å². The van der Waals surface area contributed by atoms with Crippen molar-refractivity contribution in [3.8, 4) is 0 Å². The van der Waals surface area contributed by atoms with E-state index in [4.69, 9.17) is 16.3 Å². The van der Waals surface area contributed by atoms with E-state index in [1.165, 1.54) is 0 Å². The molecule has 0 spiro atoms. The van der Waals surface area contributed by atoms with Crippen LogP contribution >= 0.6 is 11.6 Å². The highest BCUT2D eigenvalue weighted by Gasteiger charge is 2.37. The number of carbonyl (C=O) groups is 2. The predicted molar refractivity (Wildman–Crippen MR) is 86.6 cm³/mol. The highest BCUT2D eigenvalue weighted by atomic mass is 35.5. The molecule has 114 valence electrons. The molecule has 0 aromatic heterocycles. The molecule has 2 aromatic rings. The van der Waals surface area contributed by atoms with Crippen molar-refractivity contribution in [2.24, 2.45) is 0 Å². The lowest BCUT2D eigenvalue weighted by atomic mass is 9.83. The van der Waals surface area contributed by atoms with Crippen LogP contribution in [0.2, 0.25) is 5.02 Å². The average molecular weight is 325 g/mol. The number of Topliss-reactive ketones (excluding diaryl/α,β-unsaturated/α-hetero) is 2. The van der Waals surface area contributed by atoms with E-state index in [1.807, 2.05) is 12.1 Å². The average Bonchev–Trinajstić information content (AvgIpc) is 2.60. The van der Waals surface area contributed by atoms with Gasteiger partial charge in [0.1, 0.15) is 6.10 Å². The Morgan fingerprint density at radius 3 is 2.26 bits per heavy atom. The molecule has 0 radical (unpaired) electrons. The molecular formula is C19H13ClO3. The molecule has 4 rings (SSSR count). The van der Waals surface area contributed by atoms with Crippen molar-refractivity contribution in [2.45, 2.75) is 18.9 Å². The Bertz CT molecular complexity index is 849. The number of halogens is 1. The third-order valence-electron chi connectivity index (χ3n) is 4.33. The third kappa shape index (κ3) is 2.28. The van der Waals surface area contributed by atoms with Gasteiger partial charge in [-0.2, -0.15) is 0 Å². The van der Waals surface area contributed by atoms with Crippen LogP contribution in [-0.4, -0.2) is 11.6 Å². The standard InChI is InChI=1S/C19H13ClO3/c20-12-7-5-11(6-8-12)16-10-9-15-17(21)13-3-1-2-4-14(13)18(22)19(15)23-16/h1-8,16H,9-10H2. The maximum Gasteiger partial charge on any atom is 0.228 e. The fraction of sp³-hybridized carbons (Fsp3) is 0.158. The van der Waals surface area contributed by atoms with Gasteiger partial charge in [0, 0.05) is 21.7 Å². The molecule has 1 atom stereocenters. The number of hydrogen-bond acceptors (Lipinski definition) is 3. The summed E-state index contributed by atoms with van der Waals surface area (Å²) in [5.74, 6) is -0.0847. The molecular weight excluding hydrogens is 312 g/mol. The quantitative estimate of drug-likeness (QED) is 0.774. The second-order valence-corrected chi connectivity index (χ2v) is 6.14. The lowest BCUT2D eigenvalue weighted by molar-refractivity contribution is 0.0620. The highest BCUT2D eigenvalue weighted by Crippen LogP contribution is 2.39. The summed E-state index contributed by atoms with van der Waals surface area (Å²) < 4.78 is 5.92. The Hall–Kier alpha value is -2.39. The second-order valence-electron chi connectivity index (χ2n) is 5.71. The fourth-order valence-electron chi connectivity index (χ4n) is 3.14. The first-order chi connectivity index (χ1) is 11.1. The molecule has 23 heavy (non-hydrogen) atoms. The normalized spacial score (nSPS) is 20.0. The molecule has 0 saturated heterocycles. The molecule has 1 aliphatic heterocycles. The molecule has 0 amide bonds. The van der Waals surface area contributed by atoms with Crippen LogP contribution in [0.3, 0.4) is 0 Å². The first-order valence-electron chi connectivity index (χ1n) is 7.49. The topological polar surface area (TPSA) is 43.4 Å². The molecule has 0 fully saturated rings. The summed E-state index contributed by atoms with van der Waals surface area (Å²) in [6.07, 6.45) is 0.983. The van der Waals surface area contributed by atoms with Crippen LogP contribution < -0.4 is 0 Å². The van der Waals surface area contributed by atoms with Crippen LogP contribution in [0.4, 0.5) is 0 Å². The van der Waals surface area contributed by atoms with Gasteiger partial charge in [-0.3, -0.25) is 9.59 Å². The Balaban J connectivity index is 1.71. The zero-order valence-electron chi connectivity index (χ0n) is 12.2. The summed E-state index contributed by atoms with van der Waals surface area (Å²) >= 11 is 5.91. The van der Waals surface area contributed by atoms with E-state index in [0.717, 1.165) is 5.56 Å². The predicted octanol–water partition coefficient (Wildman–Crippen LogP) is 4.52. The van der Waals surface area contributed by atoms with E-state index in [-0.39, 0.29) is 23.4 Å². The van der Waals surface area contributed by atoms with Crippen molar-refractivity contribution in [3.05, 3.63) is 81.6 Å². The third-order valence-corrected chi connectivity index (χ3v) is 4.58. The van der Waals surface area contributed by atoms with Crippen molar-refractivity contribution in [1.82, 2.24) is 0 Å². The molecule has 0 N–H and O–H groups in total. The Kier molecular flexibility index (Phi) is 3.31. The molecule has 2 aliphatic rings. The van der Waals surface area contributed by atoms with E-state index in [2.05, 4.69) is 0 Å². The number of hydrogen-bond donors (Lipinski definition) is 0. The molecule has 4 heteroatoms. The van der Waals surface area contributed by atoms with Crippen LogP contribution in [0.1, 0.15) is 45.2 Å². The highest BCUT2D eigenvalue weighted by molar-refractivity contribution is 6.30. The van der Waals surface area contributed by atoms with Gasteiger partial charge in [0.2, 0.25) is 5.78 Å². The lowest BCUT2D eigenvalue weighted by Crippen LogP contribution is -2.28. The number of rotatable bonds is 1. The van der Waals surface area contributed by atoms with Gasteiger partial charge in [-0.25, -0.2) is 0 Å². The van der Waals surface area contributed by atoms with Crippen molar-refractivity contribution in [1.29, 1.82) is 0 Å². The van der Waals surface area contributed by atoms with Gasteiger partial charge < -0.3 is 4.74 Å². The van der Waals surface area contributed by atoms with Gasteiger partial charge in [0.05, 0.1) is 0 Å². The Morgan fingerprint density at radius 2 is 1.57 bits per heavy atom. The van der Waals surface area contributed by atoms with E-state index in [0.29, 0.717) is 34.6 Å². The van der Waals surface area contributed by atoms with Crippen LogP contribution in [-0.2, 0) is 4.74 Å². The van der Waals surface area contributed by atoms with Gasteiger partial charge >= 0.3 is 0 Å². The number of benzene rings is 2. The monoisotopic (exact) mass is 324 g/mol. The van der Waals surface area contributed by atoms with Gasteiger partial charge in [-0.1, -0.05) is 48.0 Å². The Labute approximate surface area is 138 Å². The minimum absolute atomic E-state index is 0.0928. The van der Waals surface area contributed by atoms with Crippen LogP contribution in [0, 0.1) is 0 Å². The van der Waals surface area contributed by atoms with Crippen molar-refractivity contribution in [3.63, 3.8) is 0 Å². The first-order valence-corrected chi connectivity index (χ1v) is 7.86. The SMILES string of the molecule is O=C1C2=C(OC(c3ccc(Cl)cc3)CC2)C(=O)c2ccccc21. The van der Waals surface area contributed by atoms with Gasteiger partial charge in [0.15, 0.2) is 11.5 Å². The molecule has 3 nitrogen and oxygen atoms in total. The molecule has 1 unspecified atom stereocenters. The largest absolute Gasteiger partial charge is 0.481 e. The van der Waals surface area contributed by atoms with E-state index in [9.17, 15) is 9.59 Å². The molecule has 0 bridgehead atoms. The van der Waals surface area contributed by atoms with E-state index < -0.39 is 0 Å². The summed E-state index contributed by atoms with van der Waals surface area (Å²) in [4.78, 5) is 25.2. The molecule has 2 aromatic carbocycles.